The third-order valence-corrected chi connectivity index (χ3v) is 5.14. The van der Waals surface area contributed by atoms with Crippen molar-refractivity contribution < 1.29 is 0 Å². The third kappa shape index (κ3) is 3.53. The molecule has 0 radical (unpaired) electrons. The van der Waals surface area contributed by atoms with E-state index in [9.17, 15) is 0 Å². The molecule has 0 saturated carbocycles. The predicted molar refractivity (Wildman–Crippen MR) is 78.2 cm³/mol. The van der Waals surface area contributed by atoms with Crippen LogP contribution in [0.15, 0.2) is 11.6 Å². The van der Waals surface area contributed by atoms with Gasteiger partial charge in [-0.05, 0) is 31.2 Å². The Hall–Kier alpha value is -0.450. The van der Waals surface area contributed by atoms with E-state index in [4.69, 9.17) is 0 Å². The first kappa shape index (κ1) is 14.0. The van der Waals surface area contributed by atoms with Crippen molar-refractivity contribution >= 4 is 11.3 Å². The van der Waals surface area contributed by atoms with Gasteiger partial charge in [0.15, 0.2) is 0 Å². The van der Waals surface area contributed by atoms with E-state index in [-0.39, 0.29) is 0 Å². The highest BCUT2D eigenvalue weighted by molar-refractivity contribution is 7.09. The normalized spacial score (nSPS) is 26.1. The number of hydrogen-bond acceptors (Lipinski definition) is 4. The quantitative estimate of drug-likeness (QED) is 0.832. The Morgan fingerprint density at radius 1 is 1.61 bits per heavy atom. The maximum atomic E-state index is 4.39. The molecule has 2 N–H and O–H groups in total. The van der Waals surface area contributed by atoms with E-state index in [1.54, 1.807) is 11.3 Å². The van der Waals surface area contributed by atoms with Crippen LogP contribution in [0.4, 0.5) is 0 Å². The first-order chi connectivity index (χ1) is 8.76. The number of rotatable bonds is 6. The molecule has 18 heavy (non-hydrogen) atoms. The molecule has 4 heteroatoms. The molecule has 1 fully saturated rings. The number of piperidine rings is 1. The van der Waals surface area contributed by atoms with Gasteiger partial charge in [-0.1, -0.05) is 13.8 Å². The molecule has 0 aliphatic carbocycles. The highest BCUT2D eigenvalue weighted by Gasteiger charge is 2.29. The van der Waals surface area contributed by atoms with Gasteiger partial charge in [0.1, 0.15) is 0 Å². The van der Waals surface area contributed by atoms with Gasteiger partial charge >= 0.3 is 0 Å². The van der Waals surface area contributed by atoms with E-state index in [0.717, 1.165) is 13.1 Å². The number of nitrogens with one attached hydrogen (secondary N) is 2. The summed E-state index contributed by atoms with van der Waals surface area (Å²) in [4.78, 5) is 4.39. The molecule has 1 aromatic heterocycles. The van der Waals surface area contributed by atoms with Crippen LogP contribution in [0.2, 0.25) is 0 Å². The Morgan fingerprint density at radius 3 is 3.11 bits per heavy atom. The van der Waals surface area contributed by atoms with Crippen LogP contribution in [-0.4, -0.2) is 31.2 Å². The van der Waals surface area contributed by atoms with Crippen LogP contribution in [0.25, 0.3) is 0 Å². The van der Waals surface area contributed by atoms with Crippen molar-refractivity contribution in [1.82, 2.24) is 15.6 Å². The monoisotopic (exact) mass is 267 g/mol. The Morgan fingerprint density at radius 2 is 2.50 bits per heavy atom. The van der Waals surface area contributed by atoms with Gasteiger partial charge in [-0.2, -0.15) is 0 Å². The highest BCUT2D eigenvalue weighted by atomic mass is 32.1. The number of aromatic nitrogens is 1. The molecule has 1 aromatic rings. The zero-order valence-corrected chi connectivity index (χ0v) is 12.4. The molecule has 2 atom stereocenters. The summed E-state index contributed by atoms with van der Waals surface area (Å²) in [6.45, 7) is 9.10. The van der Waals surface area contributed by atoms with Gasteiger partial charge in [-0.25, -0.2) is 4.98 Å². The van der Waals surface area contributed by atoms with Crippen LogP contribution in [0, 0.1) is 5.41 Å². The van der Waals surface area contributed by atoms with Gasteiger partial charge in [0.2, 0.25) is 0 Å². The van der Waals surface area contributed by atoms with Gasteiger partial charge in [-0.3, -0.25) is 0 Å². The average molecular weight is 267 g/mol. The zero-order valence-electron chi connectivity index (χ0n) is 11.5. The Balaban J connectivity index is 1.76. The van der Waals surface area contributed by atoms with Crippen LogP contribution in [0.1, 0.15) is 44.0 Å². The molecule has 102 valence electrons. The molecule has 2 rings (SSSR count). The van der Waals surface area contributed by atoms with Crippen molar-refractivity contribution in [2.45, 2.75) is 39.0 Å². The predicted octanol–water partition coefficient (Wildman–Crippen LogP) is 2.62. The number of thiazole rings is 1. The second-order valence-corrected chi connectivity index (χ2v) is 6.46. The molecular weight excluding hydrogens is 242 g/mol. The van der Waals surface area contributed by atoms with Crippen molar-refractivity contribution in [2.75, 3.05) is 26.2 Å². The van der Waals surface area contributed by atoms with Crippen molar-refractivity contribution in [2.24, 2.45) is 5.41 Å². The van der Waals surface area contributed by atoms with E-state index in [1.165, 1.54) is 37.4 Å². The largest absolute Gasteiger partial charge is 0.316 e. The summed E-state index contributed by atoms with van der Waals surface area (Å²) in [5, 5.41) is 10.5. The molecule has 0 bridgehead atoms. The SMILES string of the molecule is CCC1(CNCC(C)c2nccs2)CCCNC1. The maximum absolute atomic E-state index is 4.39. The van der Waals surface area contributed by atoms with E-state index in [1.807, 2.05) is 6.20 Å². The maximum Gasteiger partial charge on any atom is 0.0965 e. The summed E-state index contributed by atoms with van der Waals surface area (Å²) in [5.74, 6) is 0.524. The summed E-state index contributed by atoms with van der Waals surface area (Å²) in [6, 6.07) is 0. The van der Waals surface area contributed by atoms with Crippen molar-refractivity contribution in [3.05, 3.63) is 16.6 Å². The Bertz CT molecular complexity index is 331. The second kappa shape index (κ2) is 6.64. The Labute approximate surface area is 114 Å². The molecule has 1 aliphatic rings. The molecule has 3 nitrogen and oxygen atoms in total. The molecule has 0 aromatic carbocycles. The summed E-state index contributed by atoms with van der Waals surface area (Å²) in [6.07, 6.45) is 5.83. The topological polar surface area (TPSA) is 37.0 Å². The van der Waals surface area contributed by atoms with Crippen LogP contribution in [0.3, 0.4) is 0 Å². The van der Waals surface area contributed by atoms with E-state index in [0.29, 0.717) is 11.3 Å². The summed E-state index contributed by atoms with van der Waals surface area (Å²) in [5.41, 5.74) is 0.473. The molecule has 0 amide bonds. The lowest BCUT2D eigenvalue weighted by atomic mass is 9.78. The van der Waals surface area contributed by atoms with Crippen molar-refractivity contribution in [1.29, 1.82) is 0 Å². The second-order valence-electron chi connectivity index (χ2n) is 5.54. The third-order valence-electron chi connectivity index (χ3n) is 4.13. The lowest BCUT2D eigenvalue weighted by Crippen LogP contribution is -2.46. The molecule has 2 heterocycles. The molecule has 2 unspecified atom stereocenters. The van der Waals surface area contributed by atoms with E-state index < -0.39 is 0 Å². The fourth-order valence-electron chi connectivity index (χ4n) is 2.73. The zero-order chi connectivity index (χ0) is 12.8. The van der Waals surface area contributed by atoms with Crippen LogP contribution in [0.5, 0.6) is 0 Å². The molecule has 0 spiro atoms. The fraction of sp³-hybridized carbons (Fsp3) is 0.786. The standard InChI is InChI=1S/C14H25N3S/c1-3-14(5-4-6-15-10-14)11-16-9-12(2)13-17-7-8-18-13/h7-8,12,15-16H,3-6,9-11H2,1-2H3. The summed E-state index contributed by atoms with van der Waals surface area (Å²) >= 11 is 1.76. The van der Waals surface area contributed by atoms with Crippen LogP contribution in [-0.2, 0) is 0 Å². The van der Waals surface area contributed by atoms with Gasteiger partial charge in [0.25, 0.3) is 0 Å². The van der Waals surface area contributed by atoms with Gasteiger partial charge in [0.05, 0.1) is 5.01 Å². The van der Waals surface area contributed by atoms with Gasteiger partial charge in [0, 0.05) is 37.1 Å². The smallest absolute Gasteiger partial charge is 0.0965 e. The van der Waals surface area contributed by atoms with Crippen LogP contribution >= 0.6 is 11.3 Å². The fourth-order valence-corrected chi connectivity index (χ4v) is 3.43. The minimum atomic E-state index is 0.473. The Kier molecular flexibility index (Phi) is 5.15. The molecular formula is C14H25N3S. The first-order valence-electron chi connectivity index (χ1n) is 7.06. The highest BCUT2D eigenvalue weighted by Crippen LogP contribution is 2.29. The first-order valence-corrected chi connectivity index (χ1v) is 7.94. The van der Waals surface area contributed by atoms with Crippen molar-refractivity contribution in [3.63, 3.8) is 0 Å². The lowest BCUT2D eigenvalue weighted by molar-refractivity contribution is 0.192. The number of nitrogens with zero attached hydrogens (tertiary/aromatic N) is 1. The molecule has 1 saturated heterocycles. The lowest BCUT2D eigenvalue weighted by Gasteiger charge is -2.37. The minimum absolute atomic E-state index is 0.473. The minimum Gasteiger partial charge on any atom is -0.316 e. The van der Waals surface area contributed by atoms with Gasteiger partial charge < -0.3 is 10.6 Å². The average Bonchev–Trinajstić information content (AvgIpc) is 2.94. The van der Waals surface area contributed by atoms with E-state index in [2.05, 4.69) is 34.8 Å². The number of hydrogen-bond donors (Lipinski definition) is 2. The van der Waals surface area contributed by atoms with E-state index >= 15 is 0 Å². The van der Waals surface area contributed by atoms with Gasteiger partial charge in [-0.15, -0.1) is 11.3 Å². The van der Waals surface area contributed by atoms with Crippen LogP contribution < -0.4 is 10.6 Å². The summed E-state index contributed by atoms with van der Waals surface area (Å²) in [7, 11) is 0. The van der Waals surface area contributed by atoms with Crippen molar-refractivity contribution in [3.8, 4) is 0 Å². The summed E-state index contributed by atoms with van der Waals surface area (Å²) < 4.78 is 0. The molecule has 1 aliphatic heterocycles.